The van der Waals surface area contributed by atoms with E-state index in [-0.39, 0.29) is 23.8 Å². The van der Waals surface area contributed by atoms with Gasteiger partial charge in [-0.2, -0.15) is 0 Å². The van der Waals surface area contributed by atoms with Gasteiger partial charge in [-0.05, 0) is 30.7 Å². The normalized spacial score (nSPS) is 14.4. The molecular weight excluding hydrogens is 399 g/mol. The van der Waals surface area contributed by atoms with Gasteiger partial charge in [0.1, 0.15) is 5.82 Å². The fourth-order valence-electron chi connectivity index (χ4n) is 3.60. The number of amides is 2. The van der Waals surface area contributed by atoms with E-state index in [4.69, 9.17) is 4.42 Å². The van der Waals surface area contributed by atoms with Crippen molar-refractivity contribution in [2.75, 3.05) is 26.2 Å². The van der Waals surface area contributed by atoms with Gasteiger partial charge in [0.25, 0.3) is 5.91 Å². The second kappa shape index (κ2) is 9.51. The second-order valence-corrected chi connectivity index (χ2v) is 7.37. The first kappa shape index (κ1) is 20.7. The fourth-order valence-corrected chi connectivity index (χ4v) is 3.60. The lowest BCUT2D eigenvalue weighted by molar-refractivity contribution is -0.131. The van der Waals surface area contributed by atoms with Crippen LogP contribution in [0.1, 0.15) is 29.1 Å². The SMILES string of the molecule is O=C(CCc1nnc(-c2ccccc2)o1)N1CCCN(C(=O)c2ccccc2F)CC1. The lowest BCUT2D eigenvalue weighted by atomic mass is 10.2. The molecule has 1 aliphatic rings. The molecule has 2 heterocycles. The number of aryl methyl sites for hydroxylation is 1. The van der Waals surface area contributed by atoms with E-state index < -0.39 is 5.82 Å². The molecule has 0 saturated carbocycles. The van der Waals surface area contributed by atoms with Gasteiger partial charge in [-0.15, -0.1) is 10.2 Å². The number of carbonyl (C=O) groups excluding carboxylic acids is 2. The highest BCUT2D eigenvalue weighted by atomic mass is 19.1. The van der Waals surface area contributed by atoms with Crippen molar-refractivity contribution >= 4 is 11.8 Å². The zero-order chi connectivity index (χ0) is 21.6. The van der Waals surface area contributed by atoms with Gasteiger partial charge in [0.2, 0.25) is 17.7 Å². The fraction of sp³-hybridized carbons (Fsp3) is 0.304. The van der Waals surface area contributed by atoms with E-state index in [9.17, 15) is 14.0 Å². The van der Waals surface area contributed by atoms with Crippen molar-refractivity contribution in [3.05, 3.63) is 71.9 Å². The molecule has 8 heteroatoms. The molecule has 4 rings (SSSR count). The van der Waals surface area contributed by atoms with Gasteiger partial charge in [-0.1, -0.05) is 30.3 Å². The Labute approximate surface area is 179 Å². The molecule has 0 bridgehead atoms. The number of rotatable bonds is 5. The van der Waals surface area contributed by atoms with Crippen LogP contribution in [0.4, 0.5) is 4.39 Å². The van der Waals surface area contributed by atoms with Gasteiger partial charge >= 0.3 is 0 Å². The molecule has 0 N–H and O–H groups in total. The largest absolute Gasteiger partial charge is 0.421 e. The Bertz CT molecular complexity index is 1050. The van der Waals surface area contributed by atoms with Crippen LogP contribution in [0.3, 0.4) is 0 Å². The van der Waals surface area contributed by atoms with E-state index in [0.717, 1.165) is 5.56 Å². The van der Waals surface area contributed by atoms with E-state index in [1.54, 1.807) is 21.9 Å². The van der Waals surface area contributed by atoms with Crippen LogP contribution in [0.5, 0.6) is 0 Å². The van der Waals surface area contributed by atoms with Gasteiger partial charge < -0.3 is 14.2 Å². The summed E-state index contributed by atoms with van der Waals surface area (Å²) in [6.45, 7) is 1.83. The van der Waals surface area contributed by atoms with Crippen molar-refractivity contribution in [2.24, 2.45) is 0 Å². The molecule has 0 spiro atoms. The van der Waals surface area contributed by atoms with Crippen LogP contribution in [-0.4, -0.2) is 58.0 Å². The van der Waals surface area contributed by atoms with Gasteiger partial charge in [-0.25, -0.2) is 4.39 Å². The lowest BCUT2D eigenvalue weighted by Crippen LogP contribution is -2.37. The molecule has 7 nitrogen and oxygen atoms in total. The number of halogens is 1. The molecule has 160 valence electrons. The van der Waals surface area contributed by atoms with Gasteiger partial charge in [0.15, 0.2) is 0 Å². The Morgan fingerprint density at radius 3 is 2.42 bits per heavy atom. The van der Waals surface area contributed by atoms with Crippen LogP contribution in [0.15, 0.2) is 59.0 Å². The first-order valence-corrected chi connectivity index (χ1v) is 10.3. The van der Waals surface area contributed by atoms with Gasteiger partial charge in [-0.3, -0.25) is 9.59 Å². The molecule has 1 fully saturated rings. The van der Waals surface area contributed by atoms with Crippen LogP contribution < -0.4 is 0 Å². The third-order valence-corrected chi connectivity index (χ3v) is 5.28. The molecule has 3 aromatic rings. The first-order chi connectivity index (χ1) is 15.1. The molecule has 1 saturated heterocycles. The molecule has 1 aromatic heterocycles. The van der Waals surface area contributed by atoms with Crippen LogP contribution in [0.25, 0.3) is 11.5 Å². The van der Waals surface area contributed by atoms with Gasteiger partial charge in [0, 0.05) is 44.6 Å². The quantitative estimate of drug-likeness (QED) is 0.631. The van der Waals surface area contributed by atoms with E-state index in [1.165, 1.54) is 12.1 Å². The predicted molar refractivity (Wildman–Crippen MR) is 112 cm³/mol. The topological polar surface area (TPSA) is 79.5 Å². The molecule has 0 atom stereocenters. The lowest BCUT2D eigenvalue weighted by Gasteiger charge is -2.22. The highest BCUT2D eigenvalue weighted by molar-refractivity contribution is 5.94. The summed E-state index contributed by atoms with van der Waals surface area (Å²) >= 11 is 0. The smallest absolute Gasteiger partial charge is 0.256 e. The van der Waals surface area contributed by atoms with Crippen molar-refractivity contribution in [1.82, 2.24) is 20.0 Å². The Morgan fingerprint density at radius 1 is 0.903 bits per heavy atom. The average Bonchev–Trinajstić information content (AvgIpc) is 3.14. The Morgan fingerprint density at radius 2 is 1.61 bits per heavy atom. The van der Waals surface area contributed by atoms with E-state index in [1.807, 2.05) is 30.3 Å². The molecule has 0 unspecified atom stereocenters. The second-order valence-electron chi connectivity index (χ2n) is 7.37. The number of aromatic nitrogens is 2. The Hall–Kier alpha value is -3.55. The van der Waals surface area contributed by atoms with E-state index >= 15 is 0 Å². The van der Waals surface area contributed by atoms with Gasteiger partial charge in [0.05, 0.1) is 5.56 Å². The minimum atomic E-state index is -0.529. The first-order valence-electron chi connectivity index (χ1n) is 10.3. The minimum Gasteiger partial charge on any atom is -0.421 e. The predicted octanol–water partition coefficient (Wildman–Crippen LogP) is 3.18. The summed E-state index contributed by atoms with van der Waals surface area (Å²) in [6.07, 6.45) is 1.25. The maximum Gasteiger partial charge on any atom is 0.256 e. The summed E-state index contributed by atoms with van der Waals surface area (Å²) in [4.78, 5) is 28.7. The number of benzene rings is 2. The standard InChI is InChI=1S/C23H23FN4O3/c24-19-10-5-4-9-18(19)23(30)28-14-6-13-27(15-16-28)21(29)12-11-20-25-26-22(31-20)17-7-2-1-3-8-17/h1-5,7-10H,6,11-16H2. The number of nitrogens with zero attached hydrogens (tertiary/aromatic N) is 4. The summed E-state index contributed by atoms with van der Waals surface area (Å²) in [6, 6.07) is 15.4. The zero-order valence-electron chi connectivity index (χ0n) is 17.0. The van der Waals surface area contributed by atoms with Crippen molar-refractivity contribution in [3.63, 3.8) is 0 Å². The third-order valence-electron chi connectivity index (χ3n) is 5.28. The maximum atomic E-state index is 13.9. The van der Waals surface area contributed by atoms with E-state index in [2.05, 4.69) is 10.2 Å². The molecular formula is C23H23FN4O3. The molecule has 31 heavy (non-hydrogen) atoms. The summed E-state index contributed by atoms with van der Waals surface area (Å²) < 4.78 is 19.6. The summed E-state index contributed by atoms with van der Waals surface area (Å²) in [7, 11) is 0. The summed E-state index contributed by atoms with van der Waals surface area (Å²) in [5, 5.41) is 8.07. The molecule has 0 aliphatic carbocycles. The van der Waals surface area contributed by atoms with Crippen LogP contribution in [0, 0.1) is 5.82 Å². The third kappa shape index (κ3) is 4.96. The maximum absolute atomic E-state index is 13.9. The number of carbonyl (C=O) groups is 2. The summed E-state index contributed by atoms with van der Waals surface area (Å²) in [5.74, 6) is -0.0519. The van der Waals surface area contributed by atoms with Crippen molar-refractivity contribution in [2.45, 2.75) is 19.3 Å². The van der Waals surface area contributed by atoms with Crippen LogP contribution >= 0.6 is 0 Å². The highest BCUT2D eigenvalue weighted by Crippen LogP contribution is 2.18. The highest BCUT2D eigenvalue weighted by Gasteiger charge is 2.24. The van der Waals surface area contributed by atoms with E-state index in [0.29, 0.717) is 50.8 Å². The Balaban J connectivity index is 1.30. The minimum absolute atomic E-state index is 0.0281. The molecule has 2 amide bonds. The van der Waals surface area contributed by atoms with Crippen molar-refractivity contribution < 1.29 is 18.4 Å². The van der Waals surface area contributed by atoms with Crippen molar-refractivity contribution in [3.8, 4) is 11.5 Å². The van der Waals surface area contributed by atoms with Crippen LogP contribution in [0.2, 0.25) is 0 Å². The van der Waals surface area contributed by atoms with Crippen LogP contribution in [-0.2, 0) is 11.2 Å². The Kier molecular flexibility index (Phi) is 6.35. The molecule has 1 aliphatic heterocycles. The van der Waals surface area contributed by atoms with Crippen molar-refractivity contribution in [1.29, 1.82) is 0 Å². The molecule has 0 radical (unpaired) electrons. The average molecular weight is 422 g/mol. The summed E-state index contributed by atoms with van der Waals surface area (Å²) in [5.41, 5.74) is 0.896. The zero-order valence-corrected chi connectivity index (χ0v) is 17.0. The number of hydrogen-bond donors (Lipinski definition) is 0. The monoisotopic (exact) mass is 422 g/mol. The molecule has 2 aromatic carbocycles. The number of hydrogen-bond acceptors (Lipinski definition) is 5.